The van der Waals surface area contributed by atoms with Crippen molar-refractivity contribution >= 4 is 11.8 Å². The molecule has 3 rings (SSSR count). The second-order valence-corrected chi connectivity index (χ2v) is 6.70. The summed E-state index contributed by atoms with van der Waals surface area (Å²) in [6, 6.07) is 3.72. The summed E-state index contributed by atoms with van der Waals surface area (Å²) in [5, 5.41) is 2.58. The third-order valence-corrected chi connectivity index (χ3v) is 4.83. The molecular formula is C17H19F3N2O3. The fourth-order valence-corrected chi connectivity index (χ4v) is 3.66. The molecule has 0 aromatic heterocycles. The summed E-state index contributed by atoms with van der Waals surface area (Å²) in [6.45, 7) is -0.413. The Balaban J connectivity index is 1.81. The highest BCUT2D eigenvalue weighted by Gasteiger charge is 2.55. The molecule has 1 aromatic carbocycles. The number of ether oxygens (including phenoxy) is 1. The van der Waals surface area contributed by atoms with Crippen LogP contribution < -0.4 is 10.1 Å². The van der Waals surface area contributed by atoms with Crippen molar-refractivity contribution < 1.29 is 27.5 Å². The van der Waals surface area contributed by atoms with Crippen LogP contribution >= 0.6 is 0 Å². The number of piperidine rings is 1. The van der Waals surface area contributed by atoms with E-state index < -0.39 is 41.9 Å². The lowest BCUT2D eigenvalue weighted by molar-refractivity contribution is -0.159. The average molecular weight is 356 g/mol. The summed E-state index contributed by atoms with van der Waals surface area (Å²) in [6.07, 6.45) is -0.461. The van der Waals surface area contributed by atoms with Gasteiger partial charge in [-0.25, -0.2) is 13.2 Å². The van der Waals surface area contributed by atoms with Crippen LogP contribution in [0.25, 0.3) is 0 Å². The maximum absolute atomic E-state index is 14.2. The first-order valence-electron chi connectivity index (χ1n) is 8.01. The molecule has 2 amide bonds. The molecule has 0 unspecified atom stereocenters. The van der Waals surface area contributed by atoms with E-state index in [-0.39, 0.29) is 25.1 Å². The van der Waals surface area contributed by atoms with Crippen LogP contribution in [0.15, 0.2) is 18.2 Å². The molecule has 1 aromatic rings. The molecule has 1 spiro atoms. The molecule has 0 aliphatic carbocycles. The maximum atomic E-state index is 14.2. The highest BCUT2D eigenvalue weighted by Crippen LogP contribution is 2.43. The Morgan fingerprint density at radius 2 is 2.12 bits per heavy atom. The molecule has 8 heteroatoms. The second-order valence-electron chi connectivity index (χ2n) is 6.70. The lowest BCUT2D eigenvalue weighted by Gasteiger charge is -2.42. The Morgan fingerprint density at radius 3 is 2.76 bits per heavy atom. The Morgan fingerprint density at radius 1 is 1.36 bits per heavy atom. The second kappa shape index (κ2) is 6.24. The van der Waals surface area contributed by atoms with Gasteiger partial charge in [-0.05, 0) is 12.5 Å². The van der Waals surface area contributed by atoms with Crippen molar-refractivity contribution in [1.82, 2.24) is 10.2 Å². The van der Waals surface area contributed by atoms with E-state index in [1.165, 1.54) is 19.2 Å². The maximum Gasteiger partial charge on any atom is 0.266 e. The van der Waals surface area contributed by atoms with Gasteiger partial charge in [0.15, 0.2) is 0 Å². The van der Waals surface area contributed by atoms with Crippen molar-refractivity contribution in [3.05, 3.63) is 29.6 Å². The van der Waals surface area contributed by atoms with Crippen molar-refractivity contribution in [3.63, 3.8) is 0 Å². The predicted octanol–water partition coefficient (Wildman–Crippen LogP) is 1.75. The van der Waals surface area contributed by atoms with Crippen molar-refractivity contribution in [2.24, 2.45) is 5.41 Å². The number of benzene rings is 1. The molecule has 2 aliphatic heterocycles. The van der Waals surface area contributed by atoms with Gasteiger partial charge in [-0.3, -0.25) is 9.59 Å². The summed E-state index contributed by atoms with van der Waals surface area (Å²) in [5.74, 6) is -4.42. The molecule has 2 heterocycles. The number of halogens is 3. The van der Waals surface area contributed by atoms with Gasteiger partial charge in [0.2, 0.25) is 11.8 Å². The quantitative estimate of drug-likeness (QED) is 0.898. The molecular weight excluding hydrogens is 337 g/mol. The van der Waals surface area contributed by atoms with Gasteiger partial charge in [0.25, 0.3) is 5.92 Å². The van der Waals surface area contributed by atoms with Crippen LogP contribution in [0.3, 0.4) is 0 Å². The molecule has 136 valence electrons. The van der Waals surface area contributed by atoms with E-state index in [0.717, 1.165) is 11.0 Å². The van der Waals surface area contributed by atoms with Gasteiger partial charge in [0.05, 0.1) is 25.5 Å². The average Bonchev–Trinajstić information content (AvgIpc) is 2.87. The van der Waals surface area contributed by atoms with Crippen LogP contribution in [0, 0.1) is 11.2 Å². The minimum atomic E-state index is -3.12. The van der Waals surface area contributed by atoms with Crippen molar-refractivity contribution in [1.29, 1.82) is 0 Å². The first-order chi connectivity index (χ1) is 11.7. The lowest BCUT2D eigenvalue weighted by Crippen LogP contribution is -2.57. The largest absolute Gasteiger partial charge is 0.496 e. The lowest BCUT2D eigenvalue weighted by atomic mass is 9.77. The van der Waals surface area contributed by atoms with E-state index in [1.54, 1.807) is 0 Å². The summed E-state index contributed by atoms with van der Waals surface area (Å²) >= 11 is 0. The van der Waals surface area contributed by atoms with Crippen LogP contribution in [-0.2, 0) is 16.0 Å². The zero-order valence-corrected chi connectivity index (χ0v) is 13.8. The number of alkyl halides is 2. The van der Waals surface area contributed by atoms with Crippen molar-refractivity contribution in [2.75, 3.05) is 26.7 Å². The first kappa shape index (κ1) is 17.6. The summed E-state index contributed by atoms with van der Waals surface area (Å²) in [5.41, 5.74) is -0.822. The number of hydrogen-bond donors (Lipinski definition) is 1. The van der Waals surface area contributed by atoms with E-state index >= 15 is 0 Å². The monoisotopic (exact) mass is 356 g/mol. The standard InChI is InChI=1S/C17H19F3N2O3/c1-25-13-7-12(18)3-2-11(13)6-14(23)22-9-16(4-5-21-15(16)24)8-17(19,20)10-22/h2-3,7H,4-6,8-10H2,1H3,(H,21,24)/t16-/m0/s1. The number of nitrogens with one attached hydrogen (secondary N) is 1. The molecule has 25 heavy (non-hydrogen) atoms. The van der Waals surface area contributed by atoms with Gasteiger partial charge in [-0.2, -0.15) is 0 Å². The fraction of sp³-hybridized carbons (Fsp3) is 0.529. The minimum absolute atomic E-state index is 0.0310. The Kier molecular flexibility index (Phi) is 4.38. The van der Waals surface area contributed by atoms with E-state index in [9.17, 15) is 22.8 Å². The zero-order chi connectivity index (χ0) is 18.2. The summed E-state index contributed by atoms with van der Waals surface area (Å²) in [7, 11) is 1.34. The smallest absolute Gasteiger partial charge is 0.266 e. The van der Waals surface area contributed by atoms with E-state index in [1.807, 2.05) is 0 Å². The summed E-state index contributed by atoms with van der Waals surface area (Å²) in [4.78, 5) is 25.7. The van der Waals surface area contributed by atoms with Crippen LogP contribution in [0.1, 0.15) is 18.4 Å². The number of carbonyl (C=O) groups is 2. The fourth-order valence-electron chi connectivity index (χ4n) is 3.66. The summed E-state index contributed by atoms with van der Waals surface area (Å²) < 4.78 is 46.6. The predicted molar refractivity (Wildman–Crippen MR) is 82.9 cm³/mol. The molecule has 2 aliphatic rings. The normalized spacial score (nSPS) is 25.1. The van der Waals surface area contributed by atoms with E-state index in [4.69, 9.17) is 4.74 Å². The molecule has 5 nitrogen and oxygen atoms in total. The van der Waals surface area contributed by atoms with Gasteiger partial charge >= 0.3 is 0 Å². The van der Waals surface area contributed by atoms with Gasteiger partial charge in [-0.15, -0.1) is 0 Å². The number of nitrogens with zero attached hydrogens (tertiary/aromatic N) is 1. The zero-order valence-electron chi connectivity index (χ0n) is 13.8. The molecule has 0 saturated carbocycles. The number of carbonyl (C=O) groups excluding carboxylic acids is 2. The Labute approximate surface area is 143 Å². The van der Waals surface area contributed by atoms with Crippen LogP contribution in [0.5, 0.6) is 5.75 Å². The Hall–Kier alpha value is -2.25. The molecule has 2 saturated heterocycles. The number of methoxy groups -OCH3 is 1. The topological polar surface area (TPSA) is 58.6 Å². The number of rotatable bonds is 3. The molecule has 2 fully saturated rings. The van der Waals surface area contributed by atoms with Gasteiger partial charge in [0.1, 0.15) is 11.6 Å². The van der Waals surface area contributed by atoms with Crippen LogP contribution in [-0.4, -0.2) is 49.4 Å². The third-order valence-electron chi connectivity index (χ3n) is 4.83. The van der Waals surface area contributed by atoms with E-state index in [2.05, 4.69) is 5.32 Å². The van der Waals surface area contributed by atoms with Gasteiger partial charge in [-0.1, -0.05) is 6.07 Å². The molecule has 1 N–H and O–H groups in total. The van der Waals surface area contributed by atoms with Gasteiger partial charge < -0.3 is 15.0 Å². The van der Waals surface area contributed by atoms with Gasteiger partial charge in [0, 0.05) is 31.1 Å². The van der Waals surface area contributed by atoms with E-state index in [0.29, 0.717) is 12.1 Å². The highest BCUT2D eigenvalue weighted by molar-refractivity contribution is 5.87. The van der Waals surface area contributed by atoms with Crippen LogP contribution in [0.4, 0.5) is 13.2 Å². The number of hydrogen-bond acceptors (Lipinski definition) is 3. The molecule has 0 radical (unpaired) electrons. The first-order valence-corrected chi connectivity index (χ1v) is 8.01. The van der Waals surface area contributed by atoms with Crippen LogP contribution in [0.2, 0.25) is 0 Å². The number of amides is 2. The third kappa shape index (κ3) is 3.43. The molecule has 1 atom stereocenters. The number of likely N-dealkylation sites (tertiary alicyclic amines) is 1. The minimum Gasteiger partial charge on any atom is -0.496 e. The highest BCUT2D eigenvalue weighted by atomic mass is 19.3. The van der Waals surface area contributed by atoms with Crippen molar-refractivity contribution in [3.8, 4) is 5.75 Å². The SMILES string of the molecule is COc1cc(F)ccc1CC(=O)N1CC(F)(F)C[C@@]2(CCNC2=O)C1. The molecule has 0 bridgehead atoms. The Bertz CT molecular complexity index is 710. The van der Waals surface area contributed by atoms with Crippen molar-refractivity contribution in [2.45, 2.75) is 25.2 Å².